The molecule has 2 aliphatic rings. The van der Waals surface area contributed by atoms with Gasteiger partial charge in [0.05, 0.1) is 0 Å². The molecule has 28 heavy (non-hydrogen) atoms. The van der Waals surface area contributed by atoms with E-state index in [4.69, 9.17) is 9.47 Å². The Balaban J connectivity index is 1.29. The minimum absolute atomic E-state index is 0.104. The zero-order chi connectivity index (χ0) is 19.5. The molecule has 0 saturated carbocycles. The third-order valence-electron chi connectivity index (χ3n) is 4.97. The summed E-state index contributed by atoms with van der Waals surface area (Å²) in [6, 6.07) is 14.8. The van der Waals surface area contributed by atoms with E-state index in [-0.39, 0.29) is 18.5 Å². The van der Waals surface area contributed by atoms with Crippen LogP contribution >= 0.6 is 0 Å². The Bertz CT molecular complexity index is 860. The van der Waals surface area contributed by atoms with Gasteiger partial charge in [-0.15, -0.1) is 0 Å². The fourth-order valence-corrected chi connectivity index (χ4v) is 3.31. The lowest BCUT2D eigenvalue weighted by atomic mass is 10.2. The second kappa shape index (κ2) is 7.80. The summed E-state index contributed by atoms with van der Waals surface area (Å²) >= 11 is 0. The maximum atomic E-state index is 12.8. The summed E-state index contributed by atoms with van der Waals surface area (Å²) in [5.74, 6) is 1.14. The standard InChI is InChI=1S/C21H23N3O4/c1-15-6-8-16(9-7-15)22-21(26)24-12-10-23(11-13-24)20(25)19-14-27-17-4-2-3-5-18(17)28-19/h2-9,19H,10-14H2,1H3,(H,22,26). The van der Waals surface area contributed by atoms with E-state index in [1.54, 1.807) is 15.9 Å². The number of hydrogen-bond donors (Lipinski definition) is 1. The number of anilines is 1. The minimum Gasteiger partial charge on any atom is -0.485 e. The van der Waals surface area contributed by atoms with Gasteiger partial charge in [0, 0.05) is 31.9 Å². The molecule has 0 spiro atoms. The summed E-state index contributed by atoms with van der Waals surface area (Å²) < 4.78 is 11.4. The summed E-state index contributed by atoms with van der Waals surface area (Å²) in [5.41, 5.74) is 1.90. The van der Waals surface area contributed by atoms with E-state index in [0.29, 0.717) is 37.7 Å². The van der Waals surface area contributed by atoms with E-state index < -0.39 is 6.10 Å². The lowest BCUT2D eigenvalue weighted by Crippen LogP contribution is -2.55. The van der Waals surface area contributed by atoms with Crippen LogP contribution in [0.5, 0.6) is 11.5 Å². The Morgan fingerprint density at radius 1 is 0.929 bits per heavy atom. The topological polar surface area (TPSA) is 71.1 Å². The van der Waals surface area contributed by atoms with Gasteiger partial charge in [-0.25, -0.2) is 4.79 Å². The average Bonchev–Trinajstić information content (AvgIpc) is 2.74. The molecule has 146 valence electrons. The molecule has 4 rings (SSSR count). The van der Waals surface area contributed by atoms with Gasteiger partial charge in [0.15, 0.2) is 11.5 Å². The molecular formula is C21H23N3O4. The molecule has 0 radical (unpaired) electrons. The molecule has 0 aromatic heterocycles. The van der Waals surface area contributed by atoms with Gasteiger partial charge >= 0.3 is 6.03 Å². The SMILES string of the molecule is Cc1ccc(NC(=O)N2CCN(C(=O)C3COc4ccccc4O3)CC2)cc1. The summed E-state index contributed by atoms with van der Waals surface area (Å²) in [6.07, 6.45) is -0.650. The highest BCUT2D eigenvalue weighted by Gasteiger charge is 2.33. The van der Waals surface area contributed by atoms with E-state index >= 15 is 0 Å². The van der Waals surface area contributed by atoms with Crippen LogP contribution in [0.2, 0.25) is 0 Å². The van der Waals surface area contributed by atoms with Crippen molar-refractivity contribution in [1.29, 1.82) is 0 Å². The van der Waals surface area contributed by atoms with Crippen molar-refractivity contribution in [2.75, 3.05) is 38.1 Å². The maximum absolute atomic E-state index is 12.8. The zero-order valence-electron chi connectivity index (χ0n) is 15.8. The predicted octanol–water partition coefficient (Wildman–Crippen LogP) is 2.51. The van der Waals surface area contributed by atoms with Crippen molar-refractivity contribution in [2.45, 2.75) is 13.0 Å². The van der Waals surface area contributed by atoms with Gasteiger partial charge in [-0.2, -0.15) is 0 Å². The van der Waals surface area contributed by atoms with E-state index in [1.807, 2.05) is 49.4 Å². The van der Waals surface area contributed by atoms with Gasteiger partial charge < -0.3 is 24.6 Å². The second-order valence-electron chi connectivity index (χ2n) is 6.97. The van der Waals surface area contributed by atoms with E-state index in [0.717, 1.165) is 11.3 Å². The summed E-state index contributed by atoms with van der Waals surface area (Å²) in [6.45, 7) is 4.11. The van der Waals surface area contributed by atoms with Crippen LogP contribution in [0, 0.1) is 6.92 Å². The van der Waals surface area contributed by atoms with Crippen LogP contribution in [0.1, 0.15) is 5.56 Å². The highest BCUT2D eigenvalue weighted by molar-refractivity contribution is 5.89. The first kappa shape index (κ1) is 18.2. The first-order valence-corrected chi connectivity index (χ1v) is 9.40. The van der Waals surface area contributed by atoms with Crippen LogP contribution < -0.4 is 14.8 Å². The number of fused-ring (bicyclic) bond motifs is 1. The van der Waals surface area contributed by atoms with Crippen molar-refractivity contribution < 1.29 is 19.1 Å². The molecule has 0 bridgehead atoms. The zero-order valence-corrected chi connectivity index (χ0v) is 15.8. The molecule has 0 aliphatic carbocycles. The largest absolute Gasteiger partial charge is 0.485 e. The number of hydrogen-bond acceptors (Lipinski definition) is 4. The minimum atomic E-state index is -0.650. The fourth-order valence-electron chi connectivity index (χ4n) is 3.31. The number of nitrogens with zero attached hydrogens (tertiary/aromatic N) is 2. The van der Waals surface area contributed by atoms with Crippen molar-refractivity contribution in [3.63, 3.8) is 0 Å². The third-order valence-corrected chi connectivity index (χ3v) is 4.97. The van der Waals surface area contributed by atoms with Crippen LogP contribution in [-0.4, -0.2) is 60.6 Å². The van der Waals surface area contributed by atoms with Gasteiger partial charge in [-0.05, 0) is 31.2 Å². The monoisotopic (exact) mass is 381 g/mol. The summed E-state index contributed by atoms with van der Waals surface area (Å²) in [7, 11) is 0. The highest BCUT2D eigenvalue weighted by Crippen LogP contribution is 2.31. The number of benzene rings is 2. The lowest BCUT2D eigenvalue weighted by Gasteiger charge is -2.37. The number of amides is 3. The molecule has 1 atom stereocenters. The number of nitrogens with one attached hydrogen (secondary N) is 1. The van der Waals surface area contributed by atoms with Crippen molar-refractivity contribution in [3.8, 4) is 11.5 Å². The number of aryl methyl sites for hydroxylation is 1. The molecule has 1 saturated heterocycles. The molecule has 7 nitrogen and oxygen atoms in total. The molecule has 1 fully saturated rings. The van der Waals surface area contributed by atoms with Crippen LogP contribution in [-0.2, 0) is 4.79 Å². The van der Waals surface area contributed by atoms with Crippen molar-refractivity contribution in [1.82, 2.24) is 9.80 Å². The Kier molecular flexibility index (Phi) is 5.06. The van der Waals surface area contributed by atoms with E-state index in [1.165, 1.54) is 0 Å². The van der Waals surface area contributed by atoms with Crippen LogP contribution in [0.15, 0.2) is 48.5 Å². The molecular weight excluding hydrogens is 358 g/mol. The van der Waals surface area contributed by atoms with Crippen LogP contribution in [0.4, 0.5) is 10.5 Å². The average molecular weight is 381 g/mol. The predicted molar refractivity (Wildman–Crippen MR) is 105 cm³/mol. The number of carbonyl (C=O) groups excluding carboxylic acids is 2. The number of piperazine rings is 1. The summed E-state index contributed by atoms with van der Waals surface area (Å²) in [5, 5.41) is 2.90. The first-order chi connectivity index (χ1) is 13.6. The van der Waals surface area contributed by atoms with E-state index in [2.05, 4.69) is 5.32 Å². The molecule has 7 heteroatoms. The molecule has 2 aromatic rings. The maximum Gasteiger partial charge on any atom is 0.321 e. The van der Waals surface area contributed by atoms with E-state index in [9.17, 15) is 9.59 Å². The van der Waals surface area contributed by atoms with Crippen molar-refractivity contribution >= 4 is 17.6 Å². The van der Waals surface area contributed by atoms with Gasteiger partial charge in [0.25, 0.3) is 5.91 Å². The lowest BCUT2D eigenvalue weighted by molar-refractivity contribution is -0.142. The van der Waals surface area contributed by atoms with Crippen molar-refractivity contribution in [3.05, 3.63) is 54.1 Å². The number of urea groups is 1. The highest BCUT2D eigenvalue weighted by atomic mass is 16.6. The summed E-state index contributed by atoms with van der Waals surface area (Å²) in [4.78, 5) is 28.7. The van der Waals surface area contributed by atoms with Crippen molar-refractivity contribution in [2.24, 2.45) is 0 Å². The van der Waals surface area contributed by atoms with Gasteiger partial charge in [-0.3, -0.25) is 4.79 Å². The number of carbonyl (C=O) groups is 2. The molecule has 2 aromatic carbocycles. The number of para-hydroxylation sites is 2. The molecule has 2 aliphatic heterocycles. The second-order valence-corrected chi connectivity index (χ2v) is 6.97. The Morgan fingerprint density at radius 3 is 2.29 bits per heavy atom. The van der Waals surface area contributed by atoms with Gasteiger partial charge in [0.2, 0.25) is 6.10 Å². The molecule has 3 amide bonds. The third kappa shape index (κ3) is 3.88. The molecule has 1 N–H and O–H groups in total. The van der Waals surface area contributed by atoms with Gasteiger partial charge in [-0.1, -0.05) is 29.8 Å². The molecule has 2 heterocycles. The Labute approximate surface area is 163 Å². The number of rotatable bonds is 2. The van der Waals surface area contributed by atoms with Crippen LogP contribution in [0.3, 0.4) is 0 Å². The van der Waals surface area contributed by atoms with Crippen LogP contribution in [0.25, 0.3) is 0 Å². The Hall–Kier alpha value is -3.22. The normalized spacial score (nSPS) is 18.5. The smallest absolute Gasteiger partial charge is 0.321 e. The first-order valence-electron chi connectivity index (χ1n) is 9.40. The fraction of sp³-hybridized carbons (Fsp3) is 0.333. The quantitative estimate of drug-likeness (QED) is 0.868. The molecule has 1 unspecified atom stereocenters. The number of ether oxygens (including phenoxy) is 2. The Morgan fingerprint density at radius 2 is 1.57 bits per heavy atom. The van der Waals surface area contributed by atoms with Gasteiger partial charge in [0.1, 0.15) is 6.61 Å².